The van der Waals surface area contributed by atoms with Gasteiger partial charge in [-0.05, 0) is 80.6 Å². The second kappa shape index (κ2) is 5.17. The molecule has 0 aromatic heterocycles. The average Bonchev–Trinajstić information content (AvgIpc) is 2.78. The lowest BCUT2D eigenvalue weighted by Crippen LogP contribution is -2.56. The molecule has 3 saturated carbocycles. The first kappa shape index (κ1) is 16.8. The van der Waals surface area contributed by atoms with Crippen molar-refractivity contribution >= 4 is 5.78 Å². The van der Waals surface area contributed by atoms with Crippen LogP contribution in [0.15, 0.2) is 11.6 Å². The van der Waals surface area contributed by atoms with Crippen LogP contribution in [0.25, 0.3) is 0 Å². The van der Waals surface area contributed by atoms with Crippen molar-refractivity contribution in [2.75, 3.05) is 6.61 Å². The fraction of sp³-hybridized carbons (Fsp3) is 0.857. The number of hydrogen-bond donors (Lipinski definition) is 2. The Bertz CT molecular complexity index is 592. The second-order valence-electron chi connectivity index (χ2n) is 9.66. The van der Waals surface area contributed by atoms with Crippen LogP contribution in [0.2, 0.25) is 0 Å². The van der Waals surface area contributed by atoms with Gasteiger partial charge in [0.1, 0.15) is 0 Å². The molecule has 0 aromatic carbocycles. The summed E-state index contributed by atoms with van der Waals surface area (Å²) in [6.45, 7) is 6.75. The first-order valence-electron chi connectivity index (χ1n) is 9.83. The Labute approximate surface area is 145 Å². The van der Waals surface area contributed by atoms with E-state index in [9.17, 15) is 15.0 Å². The van der Waals surface area contributed by atoms with Gasteiger partial charge >= 0.3 is 0 Å². The van der Waals surface area contributed by atoms with Crippen molar-refractivity contribution in [1.82, 2.24) is 0 Å². The summed E-state index contributed by atoms with van der Waals surface area (Å²) in [5, 5.41) is 21.4. The van der Waals surface area contributed by atoms with E-state index >= 15 is 0 Å². The van der Waals surface area contributed by atoms with Crippen LogP contribution in [0, 0.1) is 34.5 Å². The van der Waals surface area contributed by atoms with E-state index in [1.165, 1.54) is 5.57 Å². The Kier molecular flexibility index (Phi) is 3.61. The van der Waals surface area contributed by atoms with Gasteiger partial charge in [0.05, 0.1) is 12.2 Å². The van der Waals surface area contributed by atoms with Crippen molar-refractivity contribution in [2.24, 2.45) is 34.5 Å². The van der Waals surface area contributed by atoms with Crippen molar-refractivity contribution in [2.45, 2.75) is 71.3 Å². The van der Waals surface area contributed by atoms with Crippen LogP contribution >= 0.6 is 0 Å². The molecular formula is C21H32O3. The largest absolute Gasteiger partial charge is 0.395 e. The first-order chi connectivity index (χ1) is 11.2. The summed E-state index contributed by atoms with van der Waals surface area (Å²) in [6, 6.07) is 0. The minimum Gasteiger partial charge on any atom is -0.395 e. The predicted molar refractivity (Wildman–Crippen MR) is 93.3 cm³/mol. The maximum absolute atomic E-state index is 12.0. The quantitative estimate of drug-likeness (QED) is 0.773. The van der Waals surface area contributed by atoms with Crippen molar-refractivity contribution in [3.8, 4) is 0 Å². The van der Waals surface area contributed by atoms with E-state index in [0.717, 1.165) is 38.5 Å². The van der Waals surface area contributed by atoms with Crippen molar-refractivity contribution in [1.29, 1.82) is 0 Å². The van der Waals surface area contributed by atoms with E-state index in [4.69, 9.17) is 0 Å². The molecule has 0 saturated heterocycles. The molecule has 7 atom stereocenters. The van der Waals surface area contributed by atoms with Gasteiger partial charge in [0.2, 0.25) is 0 Å². The number of aliphatic hydroxyl groups excluding tert-OH is 1. The Morgan fingerprint density at radius 2 is 1.88 bits per heavy atom. The van der Waals surface area contributed by atoms with Crippen LogP contribution in [0.5, 0.6) is 0 Å². The second-order valence-corrected chi connectivity index (χ2v) is 9.66. The molecule has 134 valence electrons. The van der Waals surface area contributed by atoms with E-state index in [0.29, 0.717) is 30.1 Å². The number of rotatable bonds is 1. The monoisotopic (exact) mass is 332 g/mol. The van der Waals surface area contributed by atoms with Gasteiger partial charge < -0.3 is 10.2 Å². The van der Waals surface area contributed by atoms with Crippen molar-refractivity contribution in [3.05, 3.63) is 11.6 Å². The molecular weight excluding hydrogens is 300 g/mol. The molecule has 0 aromatic rings. The minimum absolute atomic E-state index is 0.0102. The van der Waals surface area contributed by atoms with Crippen LogP contribution < -0.4 is 0 Å². The van der Waals surface area contributed by atoms with Crippen LogP contribution in [0.1, 0.15) is 65.7 Å². The number of ketones is 1. The third-order valence-corrected chi connectivity index (χ3v) is 8.86. The zero-order valence-corrected chi connectivity index (χ0v) is 15.3. The number of fused-ring (bicyclic) bond motifs is 5. The van der Waals surface area contributed by atoms with Gasteiger partial charge in [-0.25, -0.2) is 0 Å². The van der Waals surface area contributed by atoms with Gasteiger partial charge in [-0.15, -0.1) is 0 Å². The SMILES string of the molecule is CC1C[C@@H]2[C@@H](CC[C@@]3(C)[C@H]2CCC3(C)O)[C@@]2(CO)CCC(=O)C=C12. The third kappa shape index (κ3) is 1.94. The van der Waals surface area contributed by atoms with Gasteiger partial charge in [-0.1, -0.05) is 19.4 Å². The Morgan fingerprint density at radius 3 is 2.58 bits per heavy atom. The minimum atomic E-state index is -0.559. The van der Waals surface area contributed by atoms with Crippen LogP contribution in [0.4, 0.5) is 0 Å². The Hall–Kier alpha value is -0.670. The van der Waals surface area contributed by atoms with Crippen LogP contribution in [-0.4, -0.2) is 28.2 Å². The number of hydrogen-bond acceptors (Lipinski definition) is 3. The van der Waals surface area contributed by atoms with E-state index in [-0.39, 0.29) is 23.2 Å². The molecule has 3 heteroatoms. The highest BCUT2D eigenvalue weighted by Crippen LogP contribution is 2.68. The van der Waals surface area contributed by atoms with Crippen LogP contribution in [0.3, 0.4) is 0 Å². The summed E-state index contributed by atoms with van der Waals surface area (Å²) in [4.78, 5) is 12.0. The summed E-state index contributed by atoms with van der Waals surface area (Å²) in [5.41, 5.74) is 0.509. The average molecular weight is 332 g/mol. The fourth-order valence-electron chi connectivity index (χ4n) is 7.28. The van der Waals surface area contributed by atoms with Gasteiger partial charge in [0.15, 0.2) is 5.78 Å². The molecule has 0 heterocycles. The molecule has 0 spiro atoms. The lowest BCUT2D eigenvalue weighted by molar-refractivity contribution is -0.134. The lowest BCUT2D eigenvalue weighted by Gasteiger charge is -2.60. The molecule has 0 bridgehead atoms. The predicted octanol–water partition coefficient (Wildman–Crippen LogP) is 3.49. The van der Waals surface area contributed by atoms with Gasteiger partial charge in [0.25, 0.3) is 0 Å². The van der Waals surface area contributed by atoms with Crippen molar-refractivity contribution in [3.63, 3.8) is 0 Å². The molecule has 0 radical (unpaired) electrons. The zero-order chi connectivity index (χ0) is 17.3. The van der Waals surface area contributed by atoms with E-state index in [1.54, 1.807) is 0 Å². The van der Waals surface area contributed by atoms with Gasteiger partial charge in [-0.2, -0.15) is 0 Å². The molecule has 4 rings (SSSR count). The smallest absolute Gasteiger partial charge is 0.155 e. The summed E-state index contributed by atoms with van der Waals surface area (Å²) < 4.78 is 0. The molecule has 0 aliphatic heterocycles. The highest BCUT2D eigenvalue weighted by molar-refractivity contribution is 5.91. The highest BCUT2D eigenvalue weighted by atomic mass is 16.3. The first-order valence-corrected chi connectivity index (χ1v) is 9.83. The highest BCUT2D eigenvalue weighted by Gasteiger charge is 2.63. The van der Waals surface area contributed by atoms with E-state index in [1.807, 2.05) is 13.0 Å². The van der Waals surface area contributed by atoms with Gasteiger partial charge in [0, 0.05) is 11.8 Å². The van der Waals surface area contributed by atoms with Crippen LogP contribution in [-0.2, 0) is 4.79 Å². The summed E-state index contributed by atoms with van der Waals surface area (Å²) in [7, 11) is 0. The summed E-state index contributed by atoms with van der Waals surface area (Å²) in [6.07, 6.45) is 8.52. The van der Waals surface area contributed by atoms with Gasteiger partial charge in [-0.3, -0.25) is 4.79 Å². The van der Waals surface area contributed by atoms with Crippen molar-refractivity contribution < 1.29 is 15.0 Å². The molecule has 3 fully saturated rings. The maximum atomic E-state index is 12.0. The number of carbonyl (C=O) groups is 1. The normalized spacial score (nSPS) is 53.9. The Balaban J connectivity index is 1.76. The molecule has 2 N–H and O–H groups in total. The molecule has 24 heavy (non-hydrogen) atoms. The lowest BCUT2D eigenvalue weighted by atomic mass is 9.44. The molecule has 2 unspecified atom stereocenters. The topological polar surface area (TPSA) is 57.5 Å². The molecule has 0 amide bonds. The standard InChI is InChI=1S/C21H32O3/c1-13-10-15-16-6-8-20(3,24)19(16,2)7-5-17(15)21(12-22)9-4-14(23)11-18(13)21/h11,13,15-17,22,24H,4-10,12H2,1-3H3/t13?,15-,16-,17+,19-,20?,21-/m0/s1. The van der Waals surface area contributed by atoms with E-state index < -0.39 is 5.60 Å². The zero-order valence-electron chi connectivity index (χ0n) is 15.3. The molecule has 3 nitrogen and oxygen atoms in total. The number of aliphatic hydroxyl groups is 2. The maximum Gasteiger partial charge on any atom is 0.155 e. The summed E-state index contributed by atoms with van der Waals surface area (Å²) >= 11 is 0. The third-order valence-electron chi connectivity index (χ3n) is 8.86. The molecule has 4 aliphatic carbocycles. The molecule has 4 aliphatic rings. The summed E-state index contributed by atoms with van der Waals surface area (Å²) in [5.74, 6) is 2.21. The Morgan fingerprint density at radius 1 is 1.17 bits per heavy atom. The fourth-order valence-corrected chi connectivity index (χ4v) is 7.28. The number of carbonyl (C=O) groups excluding carboxylic acids is 1. The van der Waals surface area contributed by atoms with E-state index in [2.05, 4.69) is 13.8 Å².